The Bertz CT molecular complexity index is 841. The quantitative estimate of drug-likeness (QED) is 0.648. The smallest absolute Gasteiger partial charge is 0.292 e. The van der Waals surface area contributed by atoms with Crippen molar-refractivity contribution in [2.24, 2.45) is 0 Å². The van der Waals surface area contributed by atoms with Crippen molar-refractivity contribution in [2.75, 3.05) is 13.7 Å². The molecule has 1 amide bonds. The molecule has 3 rings (SSSR count). The molecule has 2 aromatic carbocycles. The summed E-state index contributed by atoms with van der Waals surface area (Å²) in [5, 5.41) is 4.05. The Kier molecular flexibility index (Phi) is 5.69. The van der Waals surface area contributed by atoms with Crippen LogP contribution in [0.4, 0.5) is 0 Å². The molecule has 0 saturated carbocycles. The largest absolute Gasteiger partial charge is 0.497 e. The summed E-state index contributed by atoms with van der Waals surface area (Å²) in [4.78, 5) is 14.4. The van der Waals surface area contributed by atoms with E-state index in [1.807, 2.05) is 61.5 Å². The minimum absolute atomic E-state index is 0.148. The lowest BCUT2D eigenvalue weighted by atomic mass is 10.1. The molecule has 134 valence electrons. The van der Waals surface area contributed by atoms with Crippen LogP contribution in [0.5, 0.6) is 5.75 Å². The highest BCUT2D eigenvalue weighted by Crippen LogP contribution is 2.16. The molecule has 0 aliphatic carbocycles. The van der Waals surface area contributed by atoms with E-state index in [4.69, 9.17) is 9.26 Å². The van der Waals surface area contributed by atoms with Gasteiger partial charge in [-0.1, -0.05) is 47.6 Å². The molecule has 0 N–H and O–H groups in total. The molecule has 1 aromatic heterocycles. The number of carbonyl (C=O) groups excluding carboxylic acids is 1. The number of benzene rings is 2. The van der Waals surface area contributed by atoms with Gasteiger partial charge in [-0.05, 0) is 30.2 Å². The fourth-order valence-corrected chi connectivity index (χ4v) is 2.74. The lowest BCUT2D eigenvalue weighted by Gasteiger charge is -2.19. The predicted octanol–water partition coefficient (Wildman–Crippen LogP) is 3.94. The third kappa shape index (κ3) is 4.30. The molecule has 5 nitrogen and oxygen atoms in total. The van der Waals surface area contributed by atoms with Crippen LogP contribution in [0.25, 0.3) is 0 Å². The van der Waals surface area contributed by atoms with Gasteiger partial charge < -0.3 is 14.2 Å². The van der Waals surface area contributed by atoms with Gasteiger partial charge in [0.25, 0.3) is 5.91 Å². The number of nitrogens with zero attached hydrogens (tertiary/aromatic N) is 2. The van der Waals surface area contributed by atoms with Gasteiger partial charge in [-0.2, -0.15) is 0 Å². The Morgan fingerprint density at radius 2 is 1.81 bits per heavy atom. The van der Waals surface area contributed by atoms with Crippen molar-refractivity contribution in [3.8, 4) is 5.75 Å². The van der Waals surface area contributed by atoms with E-state index in [-0.39, 0.29) is 11.7 Å². The first-order valence-electron chi connectivity index (χ1n) is 8.61. The summed E-state index contributed by atoms with van der Waals surface area (Å²) in [6.07, 6.45) is 0.603. The summed E-state index contributed by atoms with van der Waals surface area (Å²) in [7, 11) is 1.64. The molecule has 0 fully saturated rings. The number of methoxy groups -OCH3 is 1. The second-order valence-corrected chi connectivity index (χ2v) is 6.01. The summed E-state index contributed by atoms with van der Waals surface area (Å²) in [5.41, 5.74) is 2.89. The number of hydrogen-bond donors (Lipinski definition) is 0. The van der Waals surface area contributed by atoms with Gasteiger partial charge in [-0.3, -0.25) is 4.79 Å². The minimum Gasteiger partial charge on any atom is -0.497 e. The van der Waals surface area contributed by atoms with E-state index in [9.17, 15) is 4.79 Å². The SMILES string of the molecule is CCN(Cc1ccccc1)C(=O)c1cc(Cc2ccc(OC)cc2)no1. The van der Waals surface area contributed by atoms with E-state index in [1.165, 1.54) is 0 Å². The van der Waals surface area contributed by atoms with Gasteiger partial charge in [0.1, 0.15) is 5.75 Å². The Morgan fingerprint density at radius 3 is 2.46 bits per heavy atom. The highest BCUT2D eigenvalue weighted by atomic mass is 16.5. The summed E-state index contributed by atoms with van der Waals surface area (Å²) in [6, 6.07) is 19.4. The highest BCUT2D eigenvalue weighted by molar-refractivity contribution is 5.91. The molecule has 1 heterocycles. The molecule has 0 atom stereocenters. The third-order valence-corrected chi connectivity index (χ3v) is 4.20. The first-order chi connectivity index (χ1) is 12.7. The standard InChI is InChI=1S/C21H22N2O3/c1-3-23(15-17-7-5-4-6-8-17)21(24)20-14-18(22-26-20)13-16-9-11-19(25-2)12-10-16/h4-12,14H,3,13,15H2,1-2H3. The van der Waals surface area contributed by atoms with Crippen molar-refractivity contribution >= 4 is 5.91 Å². The zero-order valence-corrected chi connectivity index (χ0v) is 15.0. The average Bonchev–Trinajstić information content (AvgIpc) is 3.15. The van der Waals surface area contributed by atoms with Gasteiger partial charge in [0.15, 0.2) is 0 Å². The van der Waals surface area contributed by atoms with Gasteiger partial charge >= 0.3 is 0 Å². The van der Waals surface area contributed by atoms with E-state index in [2.05, 4.69) is 5.16 Å². The number of amides is 1. The van der Waals surface area contributed by atoms with Crippen molar-refractivity contribution in [1.82, 2.24) is 10.1 Å². The van der Waals surface area contributed by atoms with E-state index >= 15 is 0 Å². The summed E-state index contributed by atoms with van der Waals surface area (Å²) >= 11 is 0. The Morgan fingerprint density at radius 1 is 1.08 bits per heavy atom. The maximum Gasteiger partial charge on any atom is 0.292 e. The molecule has 0 saturated heterocycles. The van der Waals surface area contributed by atoms with Crippen LogP contribution >= 0.6 is 0 Å². The van der Waals surface area contributed by atoms with Crippen LogP contribution in [0.15, 0.2) is 65.2 Å². The average molecular weight is 350 g/mol. The topological polar surface area (TPSA) is 55.6 Å². The number of rotatable bonds is 7. The van der Waals surface area contributed by atoms with Crippen molar-refractivity contribution < 1.29 is 14.1 Å². The number of ether oxygens (including phenoxy) is 1. The van der Waals surface area contributed by atoms with Crippen LogP contribution in [-0.2, 0) is 13.0 Å². The van der Waals surface area contributed by atoms with Crippen LogP contribution in [0.2, 0.25) is 0 Å². The molecule has 0 aliphatic rings. The molecule has 0 aliphatic heterocycles. The first-order valence-corrected chi connectivity index (χ1v) is 8.61. The number of carbonyl (C=O) groups is 1. The number of aromatic nitrogens is 1. The maximum absolute atomic E-state index is 12.7. The van der Waals surface area contributed by atoms with Crippen LogP contribution in [0, 0.1) is 0 Å². The van der Waals surface area contributed by atoms with Crippen molar-refractivity contribution in [3.05, 3.63) is 83.2 Å². The van der Waals surface area contributed by atoms with Crippen molar-refractivity contribution in [1.29, 1.82) is 0 Å². The van der Waals surface area contributed by atoms with Gasteiger partial charge in [-0.25, -0.2) is 0 Å². The van der Waals surface area contributed by atoms with E-state index in [0.29, 0.717) is 19.5 Å². The molecule has 0 bridgehead atoms. The van der Waals surface area contributed by atoms with Crippen molar-refractivity contribution in [3.63, 3.8) is 0 Å². The van der Waals surface area contributed by atoms with Gasteiger partial charge in [0, 0.05) is 25.6 Å². The molecule has 26 heavy (non-hydrogen) atoms. The van der Waals surface area contributed by atoms with Crippen LogP contribution < -0.4 is 4.74 Å². The fourth-order valence-electron chi connectivity index (χ4n) is 2.74. The Hall–Kier alpha value is -3.08. The number of hydrogen-bond acceptors (Lipinski definition) is 4. The summed E-state index contributed by atoms with van der Waals surface area (Å²) in [5.74, 6) is 0.931. The van der Waals surface area contributed by atoms with E-state index < -0.39 is 0 Å². The molecule has 0 unspecified atom stereocenters. The van der Waals surface area contributed by atoms with E-state index in [1.54, 1.807) is 18.1 Å². The normalized spacial score (nSPS) is 10.5. The Labute approximate surface area is 153 Å². The summed E-state index contributed by atoms with van der Waals surface area (Å²) in [6.45, 7) is 3.10. The molecule has 0 radical (unpaired) electrons. The van der Waals surface area contributed by atoms with Crippen LogP contribution in [0.3, 0.4) is 0 Å². The maximum atomic E-state index is 12.7. The molecule has 5 heteroatoms. The first kappa shape index (κ1) is 17.7. The predicted molar refractivity (Wildman–Crippen MR) is 99.2 cm³/mol. The molecule has 3 aromatic rings. The van der Waals surface area contributed by atoms with Gasteiger partial charge in [-0.15, -0.1) is 0 Å². The second-order valence-electron chi connectivity index (χ2n) is 6.01. The van der Waals surface area contributed by atoms with Crippen LogP contribution in [0.1, 0.15) is 34.3 Å². The lowest BCUT2D eigenvalue weighted by molar-refractivity contribution is 0.0710. The highest BCUT2D eigenvalue weighted by Gasteiger charge is 2.19. The third-order valence-electron chi connectivity index (χ3n) is 4.20. The monoisotopic (exact) mass is 350 g/mol. The van der Waals surface area contributed by atoms with Crippen LogP contribution in [-0.4, -0.2) is 29.6 Å². The van der Waals surface area contributed by atoms with Gasteiger partial charge in [0.05, 0.1) is 12.8 Å². The zero-order chi connectivity index (χ0) is 18.4. The minimum atomic E-state index is -0.148. The lowest BCUT2D eigenvalue weighted by Crippen LogP contribution is -2.30. The molecular weight excluding hydrogens is 328 g/mol. The van der Waals surface area contributed by atoms with Crippen molar-refractivity contribution in [2.45, 2.75) is 19.9 Å². The molecule has 0 spiro atoms. The second kappa shape index (κ2) is 8.34. The molecular formula is C21H22N2O3. The summed E-state index contributed by atoms with van der Waals surface area (Å²) < 4.78 is 10.5. The Balaban J connectivity index is 1.67. The van der Waals surface area contributed by atoms with E-state index in [0.717, 1.165) is 22.6 Å². The van der Waals surface area contributed by atoms with Gasteiger partial charge in [0.2, 0.25) is 5.76 Å². The fraction of sp³-hybridized carbons (Fsp3) is 0.238. The zero-order valence-electron chi connectivity index (χ0n) is 15.0.